The summed E-state index contributed by atoms with van der Waals surface area (Å²) in [4.78, 5) is 173. The number of aromatic nitrogens is 3. The number of nitrogens with one attached hydrogen (secondary N) is 10. The monoisotopic (exact) mass is 1630 g/mol. The Hall–Kier alpha value is -12.1. The highest BCUT2D eigenvalue weighted by molar-refractivity contribution is 6.02. The second-order valence-corrected chi connectivity index (χ2v) is 30.0. The van der Waals surface area contributed by atoms with Crippen molar-refractivity contribution in [1.82, 2.24) is 73.0 Å². The summed E-state index contributed by atoms with van der Waals surface area (Å²) in [6.07, 6.45) is 4.32. The minimum Gasteiger partial charge on any atom is -0.507 e. The number of hydrogen-bond acceptors (Lipinski definition) is 25. The molecule has 11 amide bonds. The number of ether oxygens (including phenoxy) is 4. The standard InChI is InChI=1S/C28H35N5O7.C27H33N5O7.C27H32N4O8/c1-15-24(35)19(13-17-7-6-11-29-14-17)31-26(37)22(32-25(36)18-8-4-5-9-20(18)34)16(2)30-27(38)23(21-10-12-40-21)33(3)28(15)39;1-14-23(34)18(12-16-6-5-10-28-13-16)30-26(37)21(31-25(36)17-7-3-4-8-19(17)33)15(2)29-27(38)22(32-24(14)35)20-9-11-39-20;1-14-22(33)18(12-16-6-5-10-28-13-16)30-25(35)21(31-24(34)17-7-3-4-8-19(17)32)15(2)29-26(36)23(39-27(14)37)20-9-11-38-20/h4-9,11,14-16,19,21-24,34-35H,10,12-13H2,1-3H3,(H,30,38)(H,31,37)(H,32,36);3-8,10,13-15,18,20-23,33-34H,9,11-12H2,1-2H3,(H,29,38)(H,30,37)(H,31,36)(H,32,35);3-8,10,13-15,18,20-23,32-33H,9,11-12H2,1-2H3,(H,29,36)(H,30,35)(H,31,34)/t15-,16-,19+,21?,22+,23?,24+;14-,15-,18+,20?,21+,22?,23+;14-,15-,18+,20?,21+,22+,23?/m111/s1. The molecule has 0 spiro atoms. The summed E-state index contributed by atoms with van der Waals surface area (Å²) >= 11 is 0. The number of likely N-dealkylation sites (N-methyl/N-ethyl adjacent to an activating group) is 1. The molecule has 6 aliphatic rings. The highest BCUT2D eigenvalue weighted by atomic mass is 16.6. The molecule has 0 saturated carbocycles. The summed E-state index contributed by atoms with van der Waals surface area (Å²) in [5.74, 6) is -12.0. The van der Waals surface area contributed by atoms with Crippen LogP contribution in [0.4, 0.5) is 0 Å². The Morgan fingerprint density at radius 2 is 0.763 bits per heavy atom. The van der Waals surface area contributed by atoms with Gasteiger partial charge in [0.15, 0.2) is 0 Å². The lowest BCUT2D eigenvalue weighted by Gasteiger charge is -2.41. The van der Waals surface area contributed by atoms with E-state index in [1.165, 1.54) is 83.0 Å². The maximum atomic E-state index is 13.7. The van der Waals surface area contributed by atoms with E-state index < -0.39 is 198 Å². The maximum Gasteiger partial charge on any atom is 0.312 e. The normalized spacial score (nSPS) is 29.9. The molecular formula is C82H100N14O22. The number of hydrogen-bond donors (Lipinski definition) is 16. The van der Waals surface area contributed by atoms with Gasteiger partial charge in [-0.05, 0) is 131 Å². The summed E-state index contributed by atoms with van der Waals surface area (Å²) in [7, 11) is 1.49. The molecule has 118 heavy (non-hydrogen) atoms. The predicted molar refractivity (Wildman–Crippen MR) is 417 cm³/mol. The summed E-state index contributed by atoms with van der Waals surface area (Å²) in [6.45, 7) is 10.4. The quantitative estimate of drug-likeness (QED) is 0.0547. The largest absolute Gasteiger partial charge is 0.507 e. The van der Waals surface area contributed by atoms with Gasteiger partial charge in [-0.3, -0.25) is 72.5 Å². The number of pyridine rings is 3. The lowest BCUT2D eigenvalue weighted by molar-refractivity contribution is -0.184. The Balaban J connectivity index is 0.000000186. The molecular weight excluding hydrogens is 1530 g/mol. The van der Waals surface area contributed by atoms with Crippen LogP contribution in [0.25, 0.3) is 0 Å². The third-order valence-corrected chi connectivity index (χ3v) is 21.6. The molecule has 0 bridgehead atoms. The minimum atomic E-state index is -1.41. The van der Waals surface area contributed by atoms with E-state index in [0.717, 1.165) is 0 Å². The molecule has 6 saturated heterocycles. The molecule has 0 radical (unpaired) electrons. The summed E-state index contributed by atoms with van der Waals surface area (Å²) in [5.41, 5.74) is 1.94. The SMILES string of the molecule is C[C@H]1NC(=O)C(C2CCO2)N(C)C(=O)[C@H](C)[C@H](O)[C@H](Cc2cccnc2)NC(=O)[C@H]1NC(=O)c1ccccc1O.C[C@H]1NC(=O)C(C2CCO2)NC(=O)[C@H](C)[C@H](O)[C@H](Cc2cccnc2)NC(=O)[C@H]1NC(=O)c1ccccc1O.C[C@H]1NC(=O)C(C2CCO2)OC(=O)[C@H](C)[C@H](O)[C@H](Cc2cccnc2)NC(=O)[C@H]1NC(=O)c1ccccc1O. The Morgan fingerprint density at radius 1 is 0.415 bits per heavy atom. The number of aliphatic hydroxyl groups is 3. The van der Waals surface area contributed by atoms with E-state index in [-0.39, 0.29) is 53.2 Å². The van der Waals surface area contributed by atoms with Crippen LogP contribution in [0.1, 0.15) is 109 Å². The van der Waals surface area contributed by atoms with Crippen molar-refractivity contribution in [3.8, 4) is 17.2 Å². The molecule has 630 valence electrons. The number of cyclic esters (lactones) is 1. The Kier molecular flexibility index (Phi) is 30.4. The third kappa shape index (κ3) is 22.1. The van der Waals surface area contributed by atoms with Crippen molar-refractivity contribution in [3.63, 3.8) is 0 Å². The molecule has 12 rings (SSSR count). The molecule has 6 fully saturated rings. The van der Waals surface area contributed by atoms with Gasteiger partial charge in [0.25, 0.3) is 23.6 Å². The number of esters is 1. The molecule has 6 unspecified atom stereocenters. The van der Waals surface area contributed by atoms with Crippen molar-refractivity contribution in [2.45, 2.75) is 189 Å². The fourth-order valence-corrected chi connectivity index (χ4v) is 14.2. The van der Waals surface area contributed by atoms with Crippen LogP contribution in [0.15, 0.2) is 146 Å². The number of phenolic OH excluding ortho intramolecular Hbond substituents is 3. The molecule has 9 heterocycles. The number of phenols is 3. The van der Waals surface area contributed by atoms with Gasteiger partial charge in [0.1, 0.15) is 53.6 Å². The number of aromatic hydroxyl groups is 3. The number of carbonyl (C=O) groups is 12. The molecule has 6 aromatic rings. The van der Waals surface area contributed by atoms with Gasteiger partial charge in [-0.2, -0.15) is 0 Å². The Bertz CT molecular complexity index is 4360. The van der Waals surface area contributed by atoms with Crippen LogP contribution < -0.4 is 53.2 Å². The van der Waals surface area contributed by atoms with Crippen LogP contribution in [-0.2, 0) is 81.4 Å². The van der Waals surface area contributed by atoms with E-state index in [4.69, 9.17) is 18.9 Å². The molecule has 3 aromatic heterocycles. The first-order valence-corrected chi connectivity index (χ1v) is 38.8. The van der Waals surface area contributed by atoms with Crippen LogP contribution >= 0.6 is 0 Å². The molecule has 3 aromatic carbocycles. The fourth-order valence-electron chi connectivity index (χ4n) is 14.2. The number of amides is 11. The van der Waals surface area contributed by atoms with Crippen LogP contribution in [0, 0.1) is 17.8 Å². The van der Waals surface area contributed by atoms with E-state index in [2.05, 4.69) is 68.1 Å². The topological polar surface area (TPSA) is 525 Å². The van der Waals surface area contributed by atoms with Crippen LogP contribution in [0.2, 0.25) is 0 Å². The van der Waals surface area contributed by atoms with Crippen molar-refractivity contribution >= 4 is 70.9 Å². The number of benzene rings is 3. The van der Waals surface area contributed by atoms with E-state index in [1.54, 1.807) is 117 Å². The fraction of sp³-hybridized carbons (Fsp3) is 0.451. The highest BCUT2D eigenvalue weighted by Gasteiger charge is 2.48. The molecule has 36 nitrogen and oxygen atoms in total. The van der Waals surface area contributed by atoms with Gasteiger partial charge >= 0.3 is 5.97 Å². The summed E-state index contributed by atoms with van der Waals surface area (Å²) in [6, 6.07) is 16.3. The zero-order chi connectivity index (χ0) is 85.2. The first-order valence-electron chi connectivity index (χ1n) is 38.8. The Labute approximate surface area is 679 Å². The minimum absolute atomic E-state index is 0.0495. The lowest BCUT2D eigenvalue weighted by atomic mass is 9.90. The van der Waals surface area contributed by atoms with Gasteiger partial charge in [-0.25, -0.2) is 0 Å². The lowest BCUT2D eigenvalue weighted by Crippen LogP contribution is -2.66. The predicted octanol–water partition coefficient (Wildman–Crippen LogP) is -1.02. The molecule has 36 heteroatoms. The van der Waals surface area contributed by atoms with Crippen molar-refractivity contribution in [1.29, 1.82) is 0 Å². The number of aliphatic hydroxyl groups excluding tert-OH is 3. The van der Waals surface area contributed by atoms with Crippen molar-refractivity contribution in [2.75, 3.05) is 26.9 Å². The Morgan fingerprint density at radius 3 is 1.11 bits per heavy atom. The first kappa shape index (κ1) is 88.3. The number of carbonyl (C=O) groups excluding carboxylic acids is 12. The second kappa shape index (κ2) is 40.7. The molecule has 21 atom stereocenters. The van der Waals surface area contributed by atoms with Gasteiger partial charge in [0.05, 0.1) is 101 Å². The van der Waals surface area contributed by atoms with Gasteiger partial charge < -0.3 is 108 Å². The van der Waals surface area contributed by atoms with Gasteiger partial charge in [-0.1, -0.05) is 68.4 Å². The zero-order valence-corrected chi connectivity index (χ0v) is 65.8. The van der Waals surface area contributed by atoms with Gasteiger partial charge in [0, 0.05) is 70.5 Å². The molecule has 0 aliphatic carbocycles. The van der Waals surface area contributed by atoms with Crippen LogP contribution in [-0.4, -0.2) is 257 Å². The second-order valence-electron chi connectivity index (χ2n) is 30.0. The summed E-state index contributed by atoms with van der Waals surface area (Å²) < 4.78 is 22.0. The number of para-hydroxylation sites is 3. The van der Waals surface area contributed by atoms with Crippen molar-refractivity contribution in [2.24, 2.45) is 17.8 Å². The number of rotatable bonds is 15. The molecule has 16 N–H and O–H groups in total. The van der Waals surface area contributed by atoms with E-state index >= 15 is 0 Å². The highest BCUT2D eigenvalue weighted by Crippen LogP contribution is 2.28. The average molecular weight is 1630 g/mol. The van der Waals surface area contributed by atoms with E-state index in [9.17, 15) is 88.2 Å². The van der Waals surface area contributed by atoms with Gasteiger partial charge in [0.2, 0.25) is 47.5 Å². The third-order valence-electron chi connectivity index (χ3n) is 21.6. The summed E-state index contributed by atoms with van der Waals surface area (Å²) in [5, 5.41) is 91.1. The van der Waals surface area contributed by atoms with E-state index in [0.29, 0.717) is 55.8 Å². The van der Waals surface area contributed by atoms with E-state index in [1.807, 2.05) is 0 Å². The average Bonchev–Trinajstić information content (AvgIpc) is 0.488. The maximum absolute atomic E-state index is 13.7. The van der Waals surface area contributed by atoms with Crippen LogP contribution in [0.3, 0.4) is 0 Å². The van der Waals surface area contributed by atoms with Crippen molar-refractivity contribution in [3.05, 3.63) is 180 Å². The zero-order valence-electron chi connectivity index (χ0n) is 65.8. The van der Waals surface area contributed by atoms with Crippen molar-refractivity contribution < 1.29 is 107 Å². The molecule has 6 aliphatic heterocycles. The smallest absolute Gasteiger partial charge is 0.312 e. The van der Waals surface area contributed by atoms with Crippen LogP contribution in [0.5, 0.6) is 17.2 Å². The van der Waals surface area contributed by atoms with Gasteiger partial charge in [-0.15, -0.1) is 0 Å². The number of nitrogens with zero attached hydrogens (tertiary/aromatic N) is 4. The first-order chi connectivity index (χ1) is 56.4.